The predicted octanol–water partition coefficient (Wildman–Crippen LogP) is 6.45. The lowest BCUT2D eigenvalue weighted by Gasteiger charge is -2.17. The Morgan fingerprint density at radius 3 is 2.20 bits per heavy atom. The molecule has 10 nitrogen and oxygen atoms in total. The van der Waals surface area contributed by atoms with E-state index in [1.54, 1.807) is 16.7 Å². The lowest BCUT2D eigenvalue weighted by molar-refractivity contribution is -0.137. The molecule has 14 heteroatoms. The van der Waals surface area contributed by atoms with Crippen molar-refractivity contribution in [3.05, 3.63) is 83.2 Å². The van der Waals surface area contributed by atoms with Gasteiger partial charge in [0.15, 0.2) is 22.5 Å². The largest absolute Gasteiger partial charge is 0.490 e. The summed E-state index contributed by atoms with van der Waals surface area (Å²) in [6.45, 7) is 8.43. The van der Waals surface area contributed by atoms with Gasteiger partial charge < -0.3 is 24.8 Å². The number of nitrogens with zero attached hydrogens (tertiary/aromatic N) is 3. The number of amides is 2. The zero-order valence-electron chi connectivity index (χ0n) is 25.7. The number of anilines is 1. The maximum atomic E-state index is 13.4. The van der Waals surface area contributed by atoms with Crippen LogP contribution in [0, 0.1) is 6.92 Å². The van der Waals surface area contributed by atoms with Gasteiger partial charge in [0.25, 0.3) is 5.91 Å². The van der Waals surface area contributed by atoms with E-state index in [2.05, 4.69) is 20.8 Å². The Kier molecular flexibility index (Phi) is 11.5. The molecule has 4 rings (SSSR count). The van der Waals surface area contributed by atoms with Gasteiger partial charge >= 0.3 is 6.18 Å². The van der Waals surface area contributed by atoms with Crippen LogP contribution in [0.3, 0.4) is 0 Å². The number of alkyl halides is 3. The first-order chi connectivity index (χ1) is 22.0. The van der Waals surface area contributed by atoms with Crippen LogP contribution in [0.5, 0.6) is 17.2 Å². The maximum Gasteiger partial charge on any atom is 0.418 e. The lowest BCUT2D eigenvalue weighted by Crippen LogP contribution is -2.25. The fourth-order valence-electron chi connectivity index (χ4n) is 4.47. The van der Waals surface area contributed by atoms with Crippen molar-refractivity contribution >= 4 is 29.3 Å². The summed E-state index contributed by atoms with van der Waals surface area (Å²) in [4.78, 5) is 26.1. The molecule has 0 radical (unpaired) electrons. The van der Waals surface area contributed by atoms with Crippen LogP contribution < -0.4 is 24.8 Å². The standard InChI is InChI=1S/C32H34F3N5O5S/c1-5-43-25-16-21(17-26(44-6-2)29(25)45-7-3)30(42)36-18-27-38-39-31(40(27)22-12-10-11-20(4)15-22)46-19-28(41)37-24-14-9-8-13-23(24)32(33,34)35/h8-17H,5-7,18-19H2,1-4H3,(H,36,42)(H,37,41). The van der Waals surface area contributed by atoms with Gasteiger partial charge in [-0.25, -0.2) is 0 Å². The van der Waals surface area contributed by atoms with Crippen LogP contribution in [-0.2, 0) is 17.5 Å². The molecular weight excluding hydrogens is 623 g/mol. The molecule has 4 aromatic rings. The molecule has 1 aromatic heterocycles. The van der Waals surface area contributed by atoms with E-state index < -0.39 is 23.6 Å². The summed E-state index contributed by atoms with van der Waals surface area (Å²) in [6.07, 6.45) is -4.62. The fraction of sp³-hybridized carbons (Fsp3) is 0.312. The van der Waals surface area contributed by atoms with Gasteiger partial charge in [-0.1, -0.05) is 36.0 Å². The molecular formula is C32H34F3N5O5S. The lowest BCUT2D eigenvalue weighted by atomic mass is 10.1. The Balaban J connectivity index is 1.56. The summed E-state index contributed by atoms with van der Waals surface area (Å²) in [5, 5.41) is 14.0. The van der Waals surface area contributed by atoms with Crippen molar-refractivity contribution in [3.8, 4) is 22.9 Å². The summed E-state index contributed by atoms with van der Waals surface area (Å²) in [6, 6.07) is 15.4. The monoisotopic (exact) mass is 657 g/mol. The Hall–Kier alpha value is -4.72. The number of hydrogen-bond acceptors (Lipinski definition) is 8. The second kappa shape index (κ2) is 15.5. The number of rotatable bonds is 14. The summed E-state index contributed by atoms with van der Waals surface area (Å²) < 4.78 is 59.0. The maximum absolute atomic E-state index is 13.4. The number of carbonyl (C=O) groups excluding carboxylic acids is 2. The predicted molar refractivity (Wildman–Crippen MR) is 168 cm³/mol. The average molecular weight is 658 g/mol. The average Bonchev–Trinajstić information content (AvgIpc) is 3.43. The van der Waals surface area contributed by atoms with E-state index in [0.29, 0.717) is 53.7 Å². The number of benzene rings is 3. The van der Waals surface area contributed by atoms with Crippen LogP contribution in [0.15, 0.2) is 65.8 Å². The third-order valence-electron chi connectivity index (χ3n) is 6.38. The second-order valence-corrected chi connectivity index (χ2v) is 10.7. The molecule has 0 aliphatic carbocycles. The number of hydrogen-bond donors (Lipinski definition) is 2. The molecule has 0 unspecified atom stereocenters. The molecule has 0 saturated carbocycles. The zero-order chi connectivity index (χ0) is 33.3. The zero-order valence-corrected chi connectivity index (χ0v) is 26.6. The molecule has 0 bridgehead atoms. The number of nitrogens with one attached hydrogen (secondary N) is 2. The molecule has 0 aliphatic rings. The van der Waals surface area contributed by atoms with Gasteiger partial charge in [0.2, 0.25) is 11.7 Å². The summed E-state index contributed by atoms with van der Waals surface area (Å²) >= 11 is 0.997. The van der Waals surface area contributed by atoms with Gasteiger partial charge in [-0.2, -0.15) is 13.2 Å². The van der Waals surface area contributed by atoms with Crippen molar-refractivity contribution in [2.45, 2.75) is 45.6 Å². The number of thioether (sulfide) groups is 1. The highest BCUT2D eigenvalue weighted by molar-refractivity contribution is 7.99. The molecule has 2 amide bonds. The van der Waals surface area contributed by atoms with Crippen molar-refractivity contribution in [2.75, 3.05) is 30.9 Å². The molecule has 0 aliphatic heterocycles. The van der Waals surface area contributed by atoms with E-state index in [0.717, 1.165) is 23.4 Å². The molecule has 3 aromatic carbocycles. The first-order valence-corrected chi connectivity index (χ1v) is 15.5. The van der Waals surface area contributed by atoms with Crippen LogP contribution in [0.4, 0.5) is 18.9 Å². The minimum atomic E-state index is -4.62. The number of ether oxygens (including phenoxy) is 3. The Morgan fingerprint density at radius 2 is 1.57 bits per heavy atom. The first kappa shape index (κ1) is 34.2. The van der Waals surface area contributed by atoms with E-state index in [1.165, 1.54) is 18.2 Å². The highest BCUT2D eigenvalue weighted by atomic mass is 32.2. The van der Waals surface area contributed by atoms with Crippen LogP contribution in [0.1, 0.15) is 48.1 Å². The Morgan fingerprint density at radius 1 is 0.891 bits per heavy atom. The van der Waals surface area contributed by atoms with E-state index in [4.69, 9.17) is 14.2 Å². The molecule has 0 spiro atoms. The second-order valence-electron chi connectivity index (χ2n) is 9.74. The van der Waals surface area contributed by atoms with E-state index in [1.807, 2.05) is 52.0 Å². The van der Waals surface area contributed by atoms with E-state index in [9.17, 15) is 22.8 Å². The number of carbonyl (C=O) groups is 2. The smallest absolute Gasteiger partial charge is 0.418 e. The van der Waals surface area contributed by atoms with Crippen LogP contribution >= 0.6 is 11.8 Å². The van der Waals surface area contributed by atoms with Gasteiger partial charge in [-0.15, -0.1) is 10.2 Å². The van der Waals surface area contributed by atoms with Crippen molar-refractivity contribution < 1.29 is 37.0 Å². The van der Waals surface area contributed by atoms with E-state index >= 15 is 0 Å². The normalized spacial score (nSPS) is 11.2. The van der Waals surface area contributed by atoms with E-state index in [-0.39, 0.29) is 23.5 Å². The van der Waals surface area contributed by atoms with Gasteiger partial charge in [-0.05, 0) is 69.7 Å². The summed E-state index contributed by atoms with van der Waals surface area (Å²) in [5.74, 6) is 0.202. The van der Waals surface area contributed by atoms with Crippen molar-refractivity contribution in [1.82, 2.24) is 20.1 Å². The van der Waals surface area contributed by atoms with Crippen molar-refractivity contribution in [3.63, 3.8) is 0 Å². The van der Waals surface area contributed by atoms with Crippen molar-refractivity contribution in [1.29, 1.82) is 0 Å². The molecule has 0 saturated heterocycles. The van der Waals surface area contributed by atoms with Crippen LogP contribution in [0.25, 0.3) is 5.69 Å². The topological polar surface area (TPSA) is 117 Å². The number of halogens is 3. The van der Waals surface area contributed by atoms with Crippen molar-refractivity contribution in [2.24, 2.45) is 0 Å². The first-order valence-electron chi connectivity index (χ1n) is 14.5. The van der Waals surface area contributed by atoms with Crippen LogP contribution in [0.2, 0.25) is 0 Å². The summed E-state index contributed by atoms with van der Waals surface area (Å²) in [5.41, 5.74) is 0.627. The quantitative estimate of drug-likeness (QED) is 0.149. The third kappa shape index (κ3) is 8.50. The highest BCUT2D eigenvalue weighted by Gasteiger charge is 2.33. The van der Waals surface area contributed by atoms with Gasteiger partial charge in [0, 0.05) is 11.3 Å². The molecule has 46 heavy (non-hydrogen) atoms. The van der Waals surface area contributed by atoms with Crippen LogP contribution in [-0.4, -0.2) is 52.2 Å². The Labute approximate surface area is 268 Å². The number of para-hydroxylation sites is 1. The fourth-order valence-corrected chi connectivity index (χ4v) is 5.24. The van der Waals surface area contributed by atoms with Gasteiger partial charge in [0.1, 0.15) is 0 Å². The van der Waals surface area contributed by atoms with Gasteiger partial charge in [0.05, 0.1) is 43.4 Å². The highest BCUT2D eigenvalue weighted by Crippen LogP contribution is 2.39. The molecule has 1 heterocycles. The number of aryl methyl sites for hydroxylation is 1. The molecule has 0 atom stereocenters. The third-order valence-corrected chi connectivity index (χ3v) is 7.31. The summed E-state index contributed by atoms with van der Waals surface area (Å²) in [7, 11) is 0. The Bertz CT molecular complexity index is 1650. The van der Waals surface area contributed by atoms with Gasteiger partial charge in [-0.3, -0.25) is 14.2 Å². The SMILES string of the molecule is CCOc1cc(C(=O)NCc2nnc(SCC(=O)Nc3ccccc3C(F)(F)F)n2-c2cccc(C)c2)cc(OCC)c1OCC. The molecule has 2 N–H and O–H groups in total. The number of aromatic nitrogens is 3. The molecule has 0 fully saturated rings. The minimum absolute atomic E-state index is 0.0351. The minimum Gasteiger partial charge on any atom is -0.490 e. The molecule has 244 valence electrons.